The molecule has 7 nitrogen and oxygen atoms in total. The molecule has 4 rings (SSSR count). The molecule has 7 heteroatoms. The van der Waals surface area contributed by atoms with Gasteiger partial charge in [0, 0.05) is 29.6 Å². The highest BCUT2D eigenvalue weighted by atomic mass is 16.2. The van der Waals surface area contributed by atoms with Crippen LogP contribution in [0.4, 0.5) is 10.6 Å². The van der Waals surface area contributed by atoms with Crippen molar-refractivity contribution in [3.8, 4) is 11.1 Å². The summed E-state index contributed by atoms with van der Waals surface area (Å²) in [5, 5.41) is 12.6. The quantitative estimate of drug-likeness (QED) is 0.668. The lowest BCUT2D eigenvalue weighted by atomic mass is 10.0. The molecule has 1 saturated carbocycles. The van der Waals surface area contributed by atoms with Crippen LogP contribution >= 0.6 is 0 Å². The van der Waals surface area contributed by atoms with Crippen LogP contribution in [0.2, 0.25) is 0 Å². The molecule has 0 saturated heterocycles. The third kappa shape index (κ3) is 3.51. The number of nitrogens with one attached hydrogen (secondary N) is 3. The normalized spacial score (nSPS) is 15.9. The van der Waals surface area contributed by atoms with Gasteiger partial charge in [0.1, 0.15) is 5.82 Å². The average molecular weight is 350 g/mol. The van der Waals surface area contributed by atoms with Crippen molar-refractivity contribution < 1.29 is 4.79 Å². The Labute approximate surface area is 151 Å². The van der Waals surface area contributed by atoms with Crippen molar-refractivity contribution in [2.45, 2.75) is 38.6 Å². The summed E-state index contributed by atoms with van der Waals surface area (Å²) in [7, 11) is 0. The van der Waals surface area contributed by atoms with E-state index in [0.29, 0.717) is 11.7 Å². The van der Waals surface area contributed by atoms with Crippen LogP contribution in [0.3, 0.4) is 0 Å². The number of nitrogens with zero attached hydrogens (tertiary/aromatic N) is 3. The maximum atomic E-state index is 12.3. The van der Waals surface area contributed by atoms with E-state index in [1.807, 2.05) is 18.3 Å². The summed E-state index contributed by atoms with van der Waals surface area (Å²) < 4.78 is 0. The Morgan fingerprint density at radius 1 is 1.19 bits per heavy atom. The minimum atomic E-state index is -0.213. The maximum absolute atomic E-state index is 12.3. The van der Waals surface area contributed by atoms with Gasteiger partial charge in [0.15, 0.2) is 0 Å². The number of fused-ring (bicyclic) bond motifs is 1. The molecule has 134 valence electrons. The highest BCUT2D eigenvalue weighted by Gasteiger charge is 2.22. The zero-order valence-electron chi connectivity index (χ0n) is 14.7. The molecular weight excluding hydrogens is 328 g/mol. The number of amides is 2. The zero-order valence-corrected chi connectivity index (χ0v) is 14.7. The second-order valence-electron chi connectivity index (χ2n) is 6.88. The van der Waals surface area contributed by atoms with Gasteiger partial charge in [-0.05, 0) is 43.9 Å². The number of H-pyrrole nitrogens is 1. The van der Waals surface area contributed by atoms with Gasteiger partial charge in [0.25, 0.3) is 0 Å². The number of carbonyl (C=O) groups is 1. The number of aromatic nitrogens is 4. The topological polar surface area (TPSA) is 95.6 Å². The van der Waals surface area contributed by atoms with Gasteiger partial charge in [0.2, 0.25) is 0 Å². The first-order chi connectivity index (χ1) is 12.7. The van der Waals surface area contributed by atoms with E-state index in [0.717, 1.165) is 22.2 Å². The number of pyridine rings is 2. The first-order valence-electron chi connectivity index (χ1n) is 9.02. The van der Waals surface area contributed by atoms with Crippen LogP contribution in [0, 0.1) is 5.92 Å². The molecule has 1 atom stereocenters. The summed E-state index contributed by atoms with van der Waals surface area (Å²) in [4.78, 5) is 21.2. The molecule has 0 radical (unpaired) electrons. The SMILES string of the molecule is C[C@H](NC(=O)Nc1ccc2ncc(-c3cn[nH]c3)cc2n1)C1CCCC1. The molecule has 0 spiro atoms. The summed E-state index contributed by atoms with van der Waals surface area (Å²) >= 11 is 0. The molecule has 3 aromatic heterocycles. The van der Waals surface area contributed by atoms with Crippen molar-refractivity contribution in [2.24, 2.45) is 5.92 Å². The second-order valence-corrected chi connectivity index (χ2v) is 6.88. The molecular formula is C19H22N6O. The fourth-order valence-electron chi connectivity index (χ4n) is 3.58. The minimum Gasteiger partial charge on any atom is -0.335 e. The van der Waals surface area contributed by atoms with Gasteiger partial charge in [-0.3, -0.25) is 15.4 Å². The predicted octanol–water partition coefficient (Wildman–Crippen LogP) is 3.72. The van der Waals surface area contributed by atoms with E-state index in [2.05, 4.69) is 37.7 Å². The lowest BCUT2D eigenvalue weighted by Crippen LogP contribution is -2.40. The number of carbonyl (C=O) groups excluding carboxylic acids is 1. The van der Waals surface area contributed by atoms with Crippen LogP contribution in [0.15, 0.2) is 36.8 Å². The largest absolute Gasteiger partial charge is 0.335 e. The summed E-state index contributed by atoms with van der Waals surface area (Å²) in [5.74, 6) is 1.09. The Morgan fingerprint density at radius 3 is 2.81 bits per heavy atom. The number of hydrogen-bond donors (Lipinski definition) is 3. The highest BCUT2D eigenvalue weighted by molar-refractivity contribution is 5.90. The molecule has 0 bridgehead atoms. The number of hydrogen-bond acceptors (Lipinski definition) is 4. The first kappa shape index (κ1) is 16.5. The van der Waals surface area contributed by atoms with Crippen molar-refractivity contribution in [2.75, 3.05) is 5.32 Å². The molecule has 1 fully saturated rings. The van der Waals surface area contributed by atoms with Gasteiger partial charge in [-0.15, -0.1) is 0 Å². The van der Waals surface area contributed by atoms with E-state index in [1.54, 1.807) is 18.5 Å². The molecule has 1 aliphatic carbocycles. The number of aromatic amines is 1. The molecule has 2 amide bonds. The van der Waals surface area contributed by atoms with E-state index < -0.39 is 0 Å². The molecule has 3 aromatic rings. The van der Waals surface area contributed by atoms with Crippen molar-refractivity contribution in [3.63, 3.8) is 0 Å². The van der Waals surface area contributed by atoms with Gasteiger partial charge in [0.05, 0.1) is 17.2 Å². The molecule has 1 aliphatic rings. The van der Waals surface area contributed by atoms with E-state index in [1.165, 1.54) is 25.7 Å². The third-order valence-corrected chi connectivity index (χ3v) is 5.08. The fourth-order valence-corrected chi connectivity index (χ4v) is 3.58. The Morgan fingerprint density at radius 2 is 2.04 bits per heavy atom. The van der Waals surface area contributed by atoms with Crippen LogP contribution in [0.1, 0.15) is 32.6 Å². The van der Waals surface area contributed by atoms with E-state index in [-0.39, 0.29) is 12.1 Å². The molecule has 3 N–H and O–H groups in total. The Bertz CT molecular complexity index is 902. The number of rotatable bonds is 4. The molecule has 0 aliphatic heterocycles. The van der Waals surface area contributed by atoms with Crippen LogP contribution in [-0.2, 0) is 0 Å². The summed E-state index contributed by atoms with van der Waals surface area (Å²) in [5.41, 5.74) is 3.38. The Kier molecular flexibility index (Phi) is 4.51. The first-order valence-corrected chi connectivity index (χ1v) is 9.02. The summed E-state index contributed by atoms with van der Waals surface area (Å²) in [6.45, 7) is 2.07. The molecule has 3 heterocycles. The Hall–Kier alpha value is -2.96. The zero-order chi connectivity index (χ0) is 17.9. The predicted molar refractivity (Wildman–Crippen MR) is 101 cm³/mol. The van der Waals surface area contributed by atoms with E-state index in [9.17, 15) is 4.79 Å². The lowest BCUT2D eigenvalue weighted by molar-refractivity contribution is 0.244. The average Bonchev–Trinajstić information content (AvgIpc) is 3.34. The van der Waals surface area contributed by atoms with Crippen molar-refractivity contribution in [1.29, 1.82) is 0 Å². The van der Waals surface area contributed by atoms with Crippen LogP contribution in [-0.4, -0.2) is 32.2 Å². The van der Waals surface area contributed by atoms with Crippen LogP contribution in [0.25, 0.3) is 22.2 Å². The van der Waals surface area contributed by atoms with Gasteiger partial charge in [-0.25, -0.2) is 9.78 Å². The van der Waals surface area contributed by atoms with Gasteiger partial charge in [-0.1, -0.05) is 12.8 Å². The molecule has 26 heavy (non-hydrogen) atoms. The lowest BCUT2D eigenvalue weighted by Gasteiger charge is -2.20. The standard InChI is InChI=1S/C19H22N6O/c1-12(13-4-2-3-5-13)23-19(26)25-18-7-6-16-17(24-18)8-14(9-20-16)15-10-21-22-11-15/h6-13H,2-5H2,1H3,(H,21,22)(H2,23,24,25,26)/t12-/m0/s1. The number of urea groups is 1. The third-order valence-electron chi connectivity index (χ3n) is 5.08. The second kappa shape index (κ2) is 7.11. The summed E-state index contributed by atoms with van der Waals surface area (Å²) in [6.07, 6.45) is 10.2. The van der Waals surface area contributed by atoms with Gasteiger partial charge in [-0.2, -0.15) is 5.10 Å². The molecule has 0 unspecified atom stereocenters. The van der Waals surface area contributed by atoms with E-state index >= 15 is 0 Å². The monoisotopic (exact) mass is 350 g/mol. The summed E-state index contributed by atoms with van der Waals surface area (Å²) in [6, 6.07) is 5.53. The van der Waals surface area contributed by atoms with Crippen molar-refractivity contribution in [1.82, 2.24) is 25.5 Å². The number of anilines is 1. The minimum absolute atomic E-state index is 0.173. The van der Waals surface area contributed by atoms with Crippen LogP contribution in [0.5, 0.6) is 0 Å². The van der Waals surface area contributed by atoms with Crippen molar-refractivity contribution >= 4 is 22.9 Å². The molecule has 0 aromatic carbocycles. The maximum Gasteiger partial charge on any atom is 0.320 e. The highest BCUT2D eigenvalue weighted by Crippen LogP contribution is 2.27. The smallest absolute Gasteiger partial charge is 0.320 e. The van der Waals surface area contributed by atoms with Crippen molar-refractivity contribution in [3.05, 3.63) is 36.8 Å². The fraction of sp³-hybridized carbons (Fsp3) is 0.368. The van der Waals surface area contributed by atoms with Crippen LogP contribution < -0.4 is 10.6 Å². The van der Waals surface area contributed by atoms with Gasteiger partial charge < -0.3 is 5.32 Å². The van der Waals surface area contributed by atoms with E-state index in [4.69, 9.17) is 0 Å². The van der Waals surface area contributed by atoms with Gasteiger partial charge >= 0.3 is 6.03 Å². The Balaban J connectivity index is 1.48.